The summed E-state index contributed by atoms with van der Waals surface area (Å²) in [5, 5.41) is 3.17. The summed E-state index contributed by atoms with van der Waals surface area (Å²) in [5.74, 6) is 0.166. The van der Waals surface area contributed by atoms with Gasteiger partial charge in [-0.1, -0.05) is 44.7 Å². The van der Waals surface area contributed by atoms with E-state index in [0.717, 1.165) is 44.1 Å². The van der Waals surface area contributed by atoms with Crippen LogP contribution >= 0.6 is 11.6 Å². The number of nitrogens with zero attached hydrogens (tertiary/aromatic N) is 1. The van der Waals surface area contributed by atoms with Crippen molar-refractivity contribution in [1.82, 2.24) is 10.2 Å². The molecule has 5 nitrogen and oxygen atoms in total. The first-order valence-electron chi connectivity index (χ1n) is 9.90. The van der Waals surface area contributed by atoms with Gasteiger partial charge in [0, 0.05) is 12.6 Å². The number of halogens is 1. The molecule has 1 aliphatic carbocycles. The average molecular weight is 395 g/mol. The molecule has 0 aliphatic heterocycles. The first-order valence-corrected chi connectivity index (χ1v) is 10.4. The molecule has 0 spiro atoms. The second kappa shape index (κ2) is 11.2. The lowest BCUT2D eigenvalue weighted by atomic mass is 9.94. The Hall–Kier alpha value is -1.75. The molecule has 1 fully saturated rings. The molecule has 0 heterocycles. The van der Waals surface area contributed by atoms with Crippen LogP contribution in [-0.2, 0) is 9.59 Å². The van der Waals surface area contributed by atoms with Gasteiger partial charge in [0.2, 0.25) is 11.8 Å². The number of amides is 2. The minimum absolute atomic E-state index is 0.135. The first kappa shape index (κ1) is 21.5. The zero-order valence-corrected chi connectivity index (χ0v) is 17.1. The zero-order valence-electron chi connectivity index (χ0n) is 16.4. The Morgan fingerprint density at radius 3 is 2.67 bits per heavy atom. The number of methoxy groups -OCH3 is 1. The third kappa shape index (κ3) is 6.13. The molecule has 0 bridgehead atoms. The van der Waals surface area contributed by atoms with Crippen molar-refractivity contribution in [3.05, 3.63) is 29.8 Å². The smallest absolute Gasteiger partial charge is 0.247 e. The highest BCUT2D eigenvalue weighted by Crippen LogP contribution is 2.27. The van der Waals surface area contributed by atoms with Crippen LogP contribution in [0.5, 0.6) is 5.75 Å². The largest absolute Gasteiger partial charge is 0.497 e. The Labute approximate surface area is 167 Å². The normalized spacial score (nSPS) is 15.8. The molecule has 27 heavy (non-hydrogen) atoms. The van der Waals surface area contributed by atoms with Gasteiger partial charge in [-0.3, -0.25) is 9.59 Å². The van der Waals surface area contributed by atoms with E-state index in [1.54, 1.807) is 12.0 Å². The van der Waals surface area contributed by atoms with Crippen LogP contribution in [0.25, 0.3) is 0 Å². The minimum atomic E-state index is -0.695. The van der Waals surface area contributed by atoms with Crippen LogP contribution in [0.15, 0.2) is 24.3 Å². The molecular weight excluding hydrogens is 364 g/mol. The van der Waals surface area contributed by atoms with Crippen molar-refractivity contribution >= 4 is 23.4 Å². The van der Waals surface area contributed by atoms with Gasteiger partial charge in [0.25, 0.3) is 0 Å². The third-order valence-electron chi connectivity index (χ3n) is 5.11. The maximum atomic E-state index is 13.2. The van der Waals surface area contributed by atoms with Crippen molar-refractivity contribution in [2.45, 2.75) is 64.0 Å². The highest BCUT2D eigenvalue weighted by atomic mass is 35.5. The fraction of sp³-hybridized carbons (Fsp3) is 0.619. The summed E-state index contributed by atoms with van der Waals surface area (Å²) in [7, 11) is 1.59. The Balaban J connectivity index is 2.32. The highest BCUT2D eigenvalue weighted by molar-refractivity contribution is 6.27. The average Bonchev–Trinajstić information content (AvgIpc) is 2.71. The molecule has 1 aromatic rings. The van der Waals surface area contributed by atoms with E-state index in [2.05, 4.69) is 12.2 Å². The molecule has 150 valence electrons. The van der Waals surface area contributed by atoms with Crippen molar-refractivity contribution < 1.29 is 14.3 Å². The number of hydrogen-bond acceptors (Lipinski definition) is 3. The molecule has 1 atom stereocenters. The number of carbonyl (C=O) groups excluding carboxylic acids is 2. The van der Waals surface area contributed by atoms with Crippen molar-refractivity contribution in [2.24, 2.45) is 0 Å². The van der Waals surface area contributed by atoms with Crippen LogP contribution in [0.1, 0.15) is 63.5 Å². The number of rotatable bonds is 9. The standard InChI is InChI=1S/C21H31ClN2O3/c1-3-4-13-24(19(25)15-22)20(16-9-8-12-18(14-16)27-2)21(26)23-17-10-6-5-7-11-17/h8-9,12,14,17,20H,3-7,10-11,13,15H2,1-2H3,(H,23,26)/t20-/m0/s1. The number of benzene rings is 1. The maximum absolute atomic E-state index is 13.2. The van der Waals surface area contributed by atoms with Gasteiger partial charge in [0.1, 0.15) is 17.7 Å². The molecule has 2 rings (SSSR count). The van der Waals surface area contributed by atoms with Crippen molar-refractivity contribution in [3.63, 3.8) is 0 Å². The summed E-state index contributed by atoms with van der Waals surface area (Å²) in [6.07, 6.45) is 7.23. The Bertz CT molecular complexity index is 617. The fourth-order valence-corrected chi connectivity index (χ4v) is 3.77. The predicted molar refractivity (Wildman–Crippen MR) is 108 cm³/mol. The molecule has 1 aliphatic rings. The summed E-state index contributed by atoms with van der Waals surface area (Å²) >= 11 is 5.86. The maximum Gasteiger partial charge on any atom is 0.247 e. The van der Waals surface area contributed by atoms with E-state index in [1.807, 2.05) is 24.3 Å². The number of carbonyl (C=O) groups is 2. The van der Waals surface area contributed by atoms with Gasteiger partial charge in [-0.2, -0.15) is 0 Å². The number of hydrogen-bond donors (Lipinski definition) is 1. The molecule has 0 saturated heterocycles. The van der Waals surface area contributed by atoms with E-state index >= 15 is 0 Å². The van der Waals surface area contributed by atoms with E-state index in [9.17, 15) is 9.59 Å². The van der Waals surface area contributed by atoms with E-state index in [0.29, 0.717) is 12.3 Å². The second-order valence-electron chi connectivity index (χ2n) is 7.10. The van der Waals surface area contributed by atoms with Gasteiger partial charge in [0.05, 0.1) is 7.11 Å². The van der Waals surface area contributed by atoms with Crippen LogP contribution < -0.4 is 10.1 Å². The Morgan fingerprint density at radius 2 is 2.04 bits per heavy atom. The van der Waals surface area contributed by atoms with Crippen LogP contribution in [0, 0.1) is 0 Å². The topological polar surface area (TPSA) is 58.6 Å². The molecule has 1 aromatic carbocycles. The Kier molecular flexibility index (Phi) is 8.92. The van der Waals surface area contributed by atoms with Gasteiger partial charge in [0.15, 0.2) is 0 Å². The lowest BCUT2D eigenvalue weighted by molar-refractivity contribution is -0.139. The van der Waals surface area contributed by atoms with Gasteiger partial charge < -0.3 is 15.0 Å². The quantitative estimate of drug-likeness (QED) is 0.642. The molecule has 0 radical (unpaired) electrons. The zero-order chi connectivity index (χ0) is 19.6. The summed E-state index contributed by atoms with van der Waals surface area (Å²) < 4.78 is 5.32. The summed E-state index contributed by atoms with van der Waals surface area (Å²) in [6.45, 7) is 2.56. The van der Waals surface area contributed by atoms with Gasteiger partial charge in [-0.05, 0) is 37.0 Å². The minimum Gasteiger partial charge on any atom is -0.497 e. The second-order valence-corrected chi connectivity index (χ2v) is 7.36. The van der Waals surface area contributed by atoms with Crippen molar-refractivity contribution in [3.8, 4) is 5.75 Å². The van der Waals surface area contributed by atoms with E-state index in [1.165, 1.54) is 6.42 Å². The van der Waals surface area contributed by atoms with Crippen molar-refractivity contribution in [2.75, 3.05) is 19.5 Å². The molecule has 0 unspecified atom stereocenters. The number of alkyl halides is 1. The molecule has 2 amide bonds. The SMILES string of the molecule is CCCCN(C(=O)CCl)[C@H](C(=O)NC1CCCCC1)c1cccc(OC)c1. The van der Waals surface area contributed by atoms with E-state index < -0.39 is 6.04 Å². The molecule has 6 heteroatoms. The summed E-state index contributed by atoms with van der Waals surface area (Å²) in [4.78, 5) is 27.4. The third-order valence-corrected chi connectivity index (χ3v) is 5.34. The summed E-state index contributed by atoms with van der Waals surface area (Å²) in [5.41, 5.74) is 0.747. The van der Waals surface area contributed by atoms with Crippen LogP contribution in [0.2, 0.25) is 0 Å². The number of unbranched alkanes of at least 4 members (excludes halogenated alkanes) is 1. The van der Waals surface area contributed by atoms with Crippen LogP contribution in [0.3, 0.4) is 0 Å². The predicted octanol–water partition coefficient (Wildman–Crippen LogP) is 4.05. The van der Waals surface area contributed by atoms with Gasteiger partial charge in [-0.15, -0.1) is 11.6 Å². The molecular formula is C21H31ClN2O3. The highest BCUT2D eigenvalue weighted by Gasteiger charge is 2.32. The number of ether oxygens (including phenoxy) is 1. The first-order chi connectivity index (χ1) is 13.1. The van der Waals surface area contributed by atoms with Crippen molar-refractivity contribution in [1.29, 1.82) is 0 Å². The molecule has 1 N–H and O–H groups in total. The van der Waals surface area contributed by atoms with Crippen LogP contribution in [-0.4, -0.2) is 42.3 Å². The molecule has 1 saturated carbocycles. The van der Waals surface area contributed by atoms with Gasteiger partial charge in [-0.25, -0.2) is 0 Å². The lowest BCUT2D eigenvalue weighted by Crippen LogP contribution is -2.47. The van der Waals surface area contributed by atoms with E-state index in [4.69, 9.17) is 16.3 Å². The van der Waals surface area contributed by atoms with Crippen LogP contribution in [0.4, 0.5) is 0 Å². The van der Waals surface area contributed by atoms with E-state index in [-0.39, 0.29) is 23.7 Å². The monoisotopic (exact) mass is 394 g/mol. The summed E-state index contributed by atoms with van der Waals surface area (Å²) in [6, 6.07) is 6.86. The van der Waals surface area contributed by atoms with Gasteiger partial charge >= 0.3 is 0 Å². The number of nitrogens with one attached hydrogen (secondary N) is 1. The Morgan fingerprint density at radius 1 is 1.30 bits per heavy atom. The molecule has 0 aromatic heterocycles. The lowest BCUT2D eigenvalue weighted by Gasteiger charge is -2.33. The fourth-order valence-electron chi connectivity index (χ4n) is 3.61.